The molecule has 0 aliphatic carbocycles. The van der Waals surface area contributed by atoms with Crippen LogP contribution in [0.25, 0.3) is 98.9 Å². The van der Waals surface area contributed by atoms with E-state index in [9.17, 15) is 0 Å². The maximum Gasteiger partial charge on any atom is 0.227 e. The Balaban J connectivity index is 0.929. The number of hydrogen-bond acceptors (Lipinski definition) is 5. The highest BCUT2D eigenvalue weighted by Crippen LogP contribution is 2.40. The van der Waals surface area contributed by atoms with Crippen LogP contribution in [0.3, 0.4) is 0 Å². The van der Waals surface area contributed by atoms with Crippen molar-refractivity contribution in [1.29, 1.82) is 0 Å². The number of hydrogen-bond donors (Lipinski definition) is 0. The summed E-state index contributed by atoms with van der Waals surface area (Å²) in [5, 5.41) is 11.5. The minimum Gasteiger partial charge on any atom is -0.438 e. The van der Waals surface area contributed by atoms with Gasteiger partial charge < -0.3 is 9.32 Å². The number of fused-ring (bicyclic) bond motifs is 8. The number of benzene rings is 8. The number of anilines is 3. The third kappa shape index (κ3) is 5.83. The number of para-hydroxylation sites is 1. The molecule has 0 atom stereocenters. The molecule has 0 unspecified atom stereocenters. The summed E-state index contributed by atoms with van der Waals surface area (Å²) >= 11 is 0. The standard InChI is InChI=1S/C55H34N4O/c1-3-9-42-33-56-52(31-37(42)7-1)36-17-22-45(23-18-36)59(44-20-15-35(16-21-44)51-28-27-50-49-11-5-6-12-54(49)60-55(50)58-51)46-24-26-48-40(30-46)14-13-39-29-41(19-25-47(39)48)53-32-38-8-2-4-10-43(38)34-57-53/h1-34H. The predicted molar refractivity (Wildman–Crippen MR) is 248 cm³/mol. The highest BCUT2D eigenvalue weighted by atomic mass is 16.3. The molecular formula is C55H34N4O. The van der Waals surface area contributed by atoms with Gasteiger partial charge in [0.25, 0.3) is 0 Å². The van der Waals surface area contributed by atoms with Crippen molar-refractivity contribution >= 4 is 82.2 Å². The molecule has 12 rings (SSSR count). The molecular weight excluding hydrogens is 733 g/mol. The van der Waals surface area contributed by atoms with E-state index >= 15 is 0 Å². The van der Waals surface area contributed by atoms with Gasteiger partial charge >= 0.3 is 0 Å². The van der Waals surface area contributed by atoms with Gasteiger partial charge in [-0.05, 0) is 105 Å². The minimum atomic E-state index is 0.644. The van der Waals surface area contributed by atoms with Gasteiger partial charge in [-0.3, -0.25) is 9.97 Å². The van der Waals surface area contributed by atoms with Crippen LogP contribution >= 0.6 is 0 Å². The van der Waals surface area contributed by atoms with Gasteiger partial charge in [-0.1, -0.05) is 121 Å². The SMILES string of the molecule is c1ccc2cc(-c3ccc(N(c4ccc(-c5ccc6c(n5)oc5ccccc56)cc4)c4ccc5c(ccc6cc(-c7cc8ccccc8cn7)ccc65)c4)cc3)ncc2c1. The van der Waals surface area contributed by atoms with Crippen LogP contribution in [0.1, 0.15) is 0 Å². The summed E-state index contributed by atoms with van der Waals surface area (Å²) in [5.41, 5.74) is 10.6. The lowest BCUT2D eigenvalue weighted by Gasteiger charge is -2.26. The summed E-state index contributed by atoms with van der Waals surface area (Å²) in [7, 11) is 0. The van der Waals surface area contributed by atoms with E-state index in [1.54, 1.807) is 0 Å². The van der Waals surface area contributed by atoms with E-state index in [2.05, 4.69) is 175 Å². The van der Waals surface area contributed by atoms with Gasteiger partial charge in [-0.15, -0.1) is 0 Å². The molecule has 0 fully saturated rings. The van der Waals surface area contributed by atoms with E-state index in [1.807, 2.05) is 36.7 Å². The lowest BCUT2D eigenvalue weighted by molar-refractivity contribution is 0.654. The van der Waals surface area contributed by atoms with Crippen molar-refractivity contribution in [3.05, 3.63) is 207 Å². The molecule has 280 valence electrons. The third-order valence-corrected chi connectivity index (χ3v) is 11.7. The molecule has 0 N–H and O–H groups in total. The molecule has 8 aromatic carbocycles. The zero-order valence-corrected chi connectivity index (χ0v) is 32.3. The molecule has 0 bridgehead atoms. The van der Waals surface area contributed by atoms with Crippen LogP contribution in [0.15, 0.2) is 211 Å². The Kier molecular flexibility index (Phi) is 7.78. The fourth-order valence-corrected chi connectivity index (χ4v) is 8.62. The van der Waals surface area contributed by atoms with Crippen molar-refractivity contribution in [2.75, 3.05) is 4.90 Å². The van der Waals surface area contributed by atoms with Crippen molar-refractivity contribution in [3.8, 4) is 33.8 Å². The number of aromatic nitrogens is 3. The van der Waals surface area contributed by atoms with Gasteiger partial charge in [0.05, 0.1) is 17.1 Å². The van der Waals surface area contributed by atoms with Crippen LogP contribution in [0.2, 0.25) is 0 Å². The van der Waals surface area contributed by atoms with E-state index in [1.165, 1.54) is 32.3 Å². The van der Waals surface area contributed by atoms with Crippen molar-refractivity contribution in [1.82, 2.24) is 15.0 Å². The quantitative estimate of drug-likeness (QED) is 0.158. The molecule has 5 nitrogen and oxygen atoms in total. The van der Waals surface area contributed by atoms with E-state index in [0.29, 0.717) is 5.71 Å². The second kappa shape index (κ2) is 13.8. The average molecular weight is 767 g/mol. The molecule has 0 aliphatic heterocycles. The number of pyridine rings is 3. The Morgan fingerprint density at radius 3 is 1.53 bits per heavy atom. The molecule has 0 amide bonds. The molecule has 0 saturated heterocycles. The van der Waals surface area contributed by atoms with Crippen molar-refractivity contribution in [2.45, 2.75) is 0 Å². The average Bonchev–Trinajstić information content (AvgIpc) is 3.69. The summed E-state index contributed by atoms with van der Waals surface area (Å²) in [4.78, 5) is 16.8. The van der Waals surface area contributed by atoms with Gasteiger partial charge in [0, 0.05) is 67.7 Å². The maximum atomic E-state index is 6.13. The van der Waals surface area contributed by atoms with Crippen LogP contribution in [0.5, 0.6) is 0 Å². The van der Waals surface area contributed by atoms with Gasteiger partial charge in [0.15, 0.2) is 0 Å². The third-order valence-electron chi connectivity index (χ3n) is 11.7. The Morgan fingerprint density at radius 2 is 0.850 bits per heavy atom. The fraction of sp³-hybridized carbons (Fsp3) is 0. The number of rotatable bonds is 6. The first-order valence-electron chi connectivity index (χ1n) is 20.1. The lowest BCUT2D eigenvalue weighted by Crippen LogP contribution is -2.10. The van der Waals surface area contributed by atoms with Gasteiger partial charge in [0.2, 0.25) is 5.71 Å². The lowest BCUT2D eigenvalue weighted by atomic mass is 9.98. The zero-order valence-electron chi connectivity index (χ0n) is 32.3. The normalized spacial score (nSPS) is 11.7. The number of furan rings is 1. The van der Waals surface area contributed by atoms with Gasteiger partial charge in [-0.2, -0.15) is 0 Å². The Labute approximate surface area is 345 Å². The molecule has 4 heterocycles. The molecule has 0 radical (unpaired) electrons. The van der Waals surface area contributed by atoms with Crippen molar-refractivity contribution in [3.63, 3.8) is 0 Å². The van der Waals surface area contributed by atoms with E-state index in [4.69, 9.17) is 19.4 Å². The minimum absolute atomic E-state index is 0.644. The molecule has 60 heavy (non-hydrogen) atoms. The molecule has 4 aromatic heterocycles. The first-order valence-corrected chi connectivity index (χ1v) is 20.1. The van der Waals surface area contributed by atoms with Crippen molar-refractivity contribution in [2.24, 2.45) is 0 Å². The summed E-state index contributed by atoms with van der Waals surface area (Å²) in [6, 6.07) is 68.5. The second-order valence-electron chi connectivity index (χ2n) is 15.3. The van der Waals surface area contributed by atoms with Crippen molar-refractivity contribution < 1.29 is 4.42 Å². The topological polar surface area (TPSA) is 55.1 Å². The Hall–Kier alpha value is -8.15. The van der Waals surface area contributed by atoms with Crippen LogP contribution in [-0.4, -0.2) is 15.0 Å². The van der Waals surface area contributed by atoms with Crippen LogP contribution < -0.4 is 4.90 Å². The molecule has 0 saturated carbocycles. The first-order chi connectivity index (χ1) is 29.7. The molecule has 5 heteroatoms. The Bertz CT molecular complexity index is 3610. The van der Waals surface area contributed by atoms with E-state index < -0.39 is 0 Å². The molecule has 12 aromatic rings. The van der Waals surface area contributed by atoms with E-state index in [0.717, 1.165) is 78.0 Å². The smallest absolute Gasteiger partial charge is 0.227 e. The Morgan fingerprint density at radius 1 is 0.333 bits per heavy atom. The highest BCUT2D eigenvalue weighted by molar-refractivity contribution is 6.10. The van der Waals surface area contributed by atoms with Crippen LogP contribution in [0.4, 0.5) is 17.1 Å². The van der Waals surface area contributed by atoms with Gasteiger partial charge in [-0.25, -0.2) is 4.98 Å². The van der Waals surface area contributed by atoms with Crippen LogP contribution in [0, 0.1) is 0 Å². The summed E-state index contributed by atoms with van der Waals surface area (Å²) in [6.07, 6.45) is 3.91. The maximum absolute atomic E-state index is 6.13. The largest absolute Gasteiger partial charge is 0.438 e. The highest BCUT2D eigenvalue weighted by Gasteiger charge is 2.16. The predicted octanol–water partition coefficient (Wildman–Crippen LogP) is 14.9. The van der Waals surface area contributed by atoms with Gasteiger partial charge in [0.1, 0.15) is 5.58 Å². The van der Waals surface area contributed by atoms with E-state index in [-0.39, 0.29) is 0 Å². The molecule has 0 spiro atoms. The summed E-state index contributed by atoms with van der Waals surface area (Å²) in [6.45, 7) is 0. The zero-order chi connectivity index (χ0) is 39.6. The summed E-state index contributed by atoms with van der Waals surface area (Å²) < 4.78 is 6.13. The fourth-order valence-electron chi connectivity index (χ4n) is 8.62. The van der Waals surface area contributed by atoms with Crippen LogP contribution in [-0.2, 0) is 0 Å². The summed E-state index contributed by atoms with van der Waals surface area (Å²) in [5.74, 6) is 0. The monoisotopic (exact) mass is 766 g/mol. The number of nitrogens with zero attached hydrogens (tertiary/aromatic N) is 4. The first kappa shape index (κ1) is 33.9. The second-order valence-corrected chi connectivity index (χ2v) is 15.3. The molecule has 0 aliphatic rings.